The van der Waals surface area contributed by atoms with E-state index in [0.717, 1.165) is 38.9 Å². The van der Waals surface area contributed by atoms with Crippen molar-refractivity contribution in [1.82, 2.24) is 4.90 Å². The van der Waals surface area contributed by atoms with Crippen LogP contribution < -0.4 is 4.90 Å². The van der Waals surface area contributed by atoms with Gasteiger partial charge in [-0.25, -0.2) is 0 Å². The predicted octanol–water partition coefficient (Wildman–Crippen LogP) is 3.01. The third-order valence-corrected chi connectivity index (χ3v) is 4.65. The lowest BCUT2D eigenvalue weighted by Crippen LogP contribution is -2.31. The topological polar surface area (TPSA) is 23.6 Å². The Bertz CT molecular complexity index is 498. The number of amides is 1. The molecule has 20 heavy (non-hydrogen) atoms. The summed E-state index contributed by atoms with van der Waals surface area (Å²) in [6.45, 7) is 7.48. The maximum absolute atomic E-state index is 11.7. The van der Waals surface area contributed by atoms with Gasteiger partial charge in [-0.2, -0.15) is 0 Å². The number of rotatable bonds is 4. The highest BCUT2D eigenvalue weighted by Crippen LogP contribution is 2.39. The Hall–Kier alpha value is -1.51. The van der Waals surface area contributed by atoms with E-state index in [1.165, 1.54) is 11.3 Å². The number of para-hydroxylation sites is 1. The smallest absolute Gasteiger partial charge is 0.222 e. The molecule has 1 atom stereocenters. The van der Waals surface area contributed by atoms with Crippen LogP contribution in [-0.2, 0) is 4.79 Å². The average molecular weight is 272 g/mol. The molecule has 0 spiro atoms. The van der Waals surface area contributed by atoms with Crippen molar-refractivity contribution in [3.63, 3.8) is 0 Å². The first-order valence-electron chi connectivity index (χ1n) is 7.80. The Balaban J connectivity index is 1.70. The van der Waals surface area contributed by atoms with Gasteiger partial charge < -0.3 is 9.80 Å². The van der Waals surface area contributed by atoms with Gasteiger partial charge in [0.05, 0.1) is 0 Å². The van der Waals surface area contributed by atoms with Gasteiger partial charge in [0.15, 0.2) is 0 Å². The van der Waals surface area contributed by atoms with Crippen molar-refractivity contribution in [3.05, 3.63) is 29.8 Å². The Labute approximate surface area is 121 Å². The fraction of sp³-hybridized carbons (Fsp3) is 0.588. The minimum atomic E-state index is 0.344. The van der Waals surface area contributed by atoms with E-state index in [0.29, 0.717) is 17.9 Å². The van der Waals surface area contributed by atoms with Crippen LogP contribution in [0.25, 0.3) is 0 Å². The normalized spacial score (nSPS) is 21.9. The number of benzene rings is 1. The summed E-state index contributed by atoms with van der Waals surface area (Å²) in [6.07, 6.45) is 2.88. The molecule has 108 valence electrons. The molecule has 1 fully saturated rings. The molecule has 3 rings (SSSR count). The summed E-state index contributed by atoms with van der Waals surface area (Å²) in [4.78, 5) is 16.2. The van der Waals surface area contributed by atoms with E-state index in [2.05, 4.69) is 43.0 Å². The standard InChI is InChI=1S/C17H24N2O/c1-13(2)19-12-14(15-6-3-4-7-16(15)19)9-11-18-10-5-8-17(18)20/h3-4,6-7,13-14H,5,8-12H2,1-2H3. The molecule has 0 aromatic heterocycles. The lowest BCUT2D eigenvalue weighted by Gasteiger charge is -2.25. The number of anilines is 1. The van der Waals surface area contributed by atoms with Crippen molar-refractivity contribution in [2.75, 3.05) is 24.5 Å². The van der Waals surface area contributed by atoms with E-state index in [9.17, 15) is 4.79 Å². The van der Waals surface area contributed by atoms with Crippen LogP contribution in [0.5, 0.6) is 0 Å². The lowest BCUT2D eigenvalue weighted by atomic mass is 9.98. The third kappa shape index (κ3) is 2.41. The molecule has 0 N–H and O–H groups in total. The molecule has 3 heteroatoms. The second-order valence-corrected chi connectivity index (χ2v) is 6.27. The highest BCUT2D eigenvalue weighted by molar-refractivity contribution is 5.78. The van der Waals surface area contributed by atoms with E-state index in [4.69, 9.17) is 0 Å². The van der Waals surface area contributed by atoms with Crippen molar-refractivity contribution in [2.24, 2.45) is 0 Å². The van der Waals surface area contributed by atoms with Crippen molar-refractivity contribution in [1.29, 1.82) is 0 Å². The number of fused-ring (bicyclic) bond motifs is 1. The van der Waals surface area contributed by atoms with E-state index in [-0.39, 0.29) is 0 Å². The summed E-state index contributed by atoms with van der Waals surface area (Å²) in [6, 6.07) is 9.29. The molecule has 3 nitrogen and oxygen atoms in total. The first-order valence-corrected chi connectivity index (χ1v) is 7.80. The maximum atomic E-state index is 11.7. The molecule has 1 aromatic rings. The SMILES string of the molecule is CC(C)N1CC(CCN2CCCC2=O)c2ccccc21. The molecule has 2 heterocycles. The van der Waals surface area contributed by atoms with E-state index >= 15 is 0 Å². The van der Waals surface area contributed by atoms with Crippen LogP contribution in [0.4, 0.5) is 5.69 Å². The first kappa shape index (κ1) is 13.5. The highest BCUT2D eigenvalue weighted by Gasteiger charge is 2.30. The molecule has 0 saturated carbocycles. The van der Waals surface area contributed by atoms with Gasteiger partial charge in [-0.05, 0) is 38.3 Å². The van der Waals surface area contributed by atoms with Crippen molar-refractivity contribution >= 4 is 11.6 Å². The molecule has 2 aliphatic rings. The molecule has 0 bridgehead atoms. The zero-order chi connectivity index (χ0) is 14.1. The molecule has 1 unspecified atom stereocenters. The summed E-state index contributed by atoms with van der Waals surface area (Å²) >= 11 is 0. The van der Waals surface area contributed by atoms with Gasteiger partial charge in [-0.1, -0.05) is 18.2 Å². The molecule has 1 amide bonds. The highest BCUT2D eigenvalue weighted by atomic mass is 16.2. The van der Waals surface area contributed by atoms with Gasteiger partial charge in [0.25, 0.3) is 0 Å². The molecular weight excluding hydrogens is 248 g/mol. The van der Waals surface area contributed by atoms with Crippen LogP contribution in [0.1, 0.15) is 44.6 Å². The quantitative estimate of drug-likeness (QED) is 0.841. The summed E-state index contributed by atoms with van der Waals surface area (Å²) in [5, 5.41) is 0. The zero-order valence-electron chi connectivity index (χ0n) is 12.5. The van der Waals surface area contributed by atoms with E-state index < -0.39 is 0 Å². The number of hydrogen-bond acceptors (Lipinski definition) is 2. The van der Waals surface area contributed by atoms with Gasteiger partial charge in [0.1, 0.15) is 0 Å². The van der Waals surface area contributed by atoms with Crippen molar-refractivity contribution in [3.8, 4) is 0 Å². The Kier molecular flexibility index (Phi) is 3.68. The Morgan fingerprint density at radius 3 is 2.80 bits per heavy atom. The zero-order valence-corrected chi connectivity index (χ0v) is 12.5. The number of nitrogens with zero attached hydrogens (tertiary/aromatic N) is 2. The molecule has 1 aromatic carbocycles. The number of carbonyl (C=O) groups excluding carboxylic acids is 1. The first-order chi connectivity index (χ1) is 9.66. The second kappa shape index (κ2) is 5.47. The molecule has 0 aliphatic carbocycles. The van der Waals surface area contributed by atoms with E-state index in [1.807, 2.05) is 4.90 Å². The molecule has 2 aliphatic heterocycles. The predicted molar refractivity (Wildman–Crippen MR) is 82.1 cm³/mol. The van der Waals surface area contributed by atoms with Crippen LogP contribution in [0, 0.1) is 0 Å². The van der Waals surface area contributed by atoms with Gasteiger partial charge in [0.2, 0.25) is 5.91 Å². The van der Waals surface area contributed by atoms with Crippen LogP contribution in [0.15, 0.2) is 24.3 Å². The van der Waals surface area contributed by atoms with Gasteiger partial charge >= 0.3 is 0 Å². The number of carbonyl (C=O) groups is 1. The average Bonchev–Trinajstić information content (AvgIpc) is 3.00. The van der Waals surface area contributed by atoms with E-state index in [1.54, 1.807) is 0 Å². The van der Waals surface area contributed by atoms with Crippen LogP contribution >= 0.6 is 0 Å². The summed E-state index contributed by atoms with van der Waals surface area (Å²) in [5.74, 6) is 0.916. The molecule has 0 radical (unpaired) electrons. The van der Waals surface area contributed by atoms with Crippen LogP contribution in [0.2, 0.25) is 0 Å². The van der Waals surface area contributed by atoms with Gasteiger partial charge in [-0.3, -0.25) is 4.79 Å². The largest absolute Gasteiger partial charge is 0.368 e. The maximum Gasteiger partial charge on any atom is 0.222 e. The fourth-order valence-electron chi connectivity index (χ4n) is 3.52. The van der Waals surface area contributed by atoms with Crippen LogP contribution in [-0.4, -0.2) is 36.5 Å². The summed E-state index contributed by atoms with van der Waals surface area (Å²) < 4.78 is 0. The minimum Gasteiger partial charge on any atom is -0.368 e. The number of hydrogen-bond donors (Lipinski definition) is 0. The van der Waals surface area contributed by atoms with Gasteiger partial charge in [-0.15, -0.1) is 0 Å². The molecular formula is C17H24N2O. The lowest BCUT2D eigenvalue weighted by molar-refractivity contribution is -0.127. The van der Waals surface area contributed by atoms with Gasteiger partial charge in [0, 0.05) is 43.7 Å². The second-order valence-electron chi connectivity index (χ2n) is 6.27. The number of likely N-dealkylation sites (tertiary alicyclic amines) is 1. The summed E-state index contributed by atoms with van der Waals surface area (Å²) in [7, 11) is 0. The third-order valence-electron chi connectivity index (χ3n) is 4.65. The fourth-order valence-corrected chi connectivity index (χ4v) is 3.52. The van der Waals surface area contributed by atoms with Crippen molar-refractivity contribution in [2.45, 2.75) is 45.1 Å². The van der Waals surface area contributed by atoms with Crippen LogP contribution in [0.3, 0.4) is 0 Å². The summed E-state index contributed by atoms with van der Waals surface area (Å²) in [5.41, 5.74) is 2.85. The minimum absolute atomic E-state index is 0.344. The Morgan fingerprint density at radius 2 is 2.10 bits per heavy atom. The van der Waals surface area contributed by atoms with Crippen molar-refractivity contribution < 1.29 is 4.79 Å². The Morgan fingerprint density at radius 1 is 1.30 bits per heavy atom. The molecule has 1 saturated heterocycles. The monoisotopic (exact) mass is 272 g/mol.